The molecule has 1 heterocycles. The summed E-state index contributed by atoms with van der Waals surface area (Å²) in [6.07, 6.45) is 3.97. The number of hydrogen-bond acceptors (Lipinski definition) is 3. The van der Waals surface area contributed by atoms with E-state index in [0.29, 0.717) is 15.8 Å². The Morgan fingerprint density at radius 2 is 1.95 bits per heavy atom. The van der Waals surface area contributed by atoms with Crippen molar-refractivity contribution in [1.29, 1.82) is 0 Å². The molecule has 2 atom stereocenters. The van der Waals surface area contributed by atoms with E-state index in [2.05, 4.69) is 4.98 Å². The van der Waals surface area contributed by atoms with Gasteiger partial charge in [0.05, 0.1) is 0 Å². The summed E-state index contributed by atoms with van der Waals surface area (Å²) in [5.41, 5.74) is 7.08. The summed E-state index contributed by atoms with van der Waals surface area (Å²) in [7, 11) is 0. The monoisotopic (exact) mass is 310 g/mol. The van der Waals surface area contributed by atoms with Crippen LogP contribution in [0.5, 0.6) is 5.75 Å². The largest absolute Gasteiger partial charge is 0.484 e. The fraction of sp³-hybridized carbons (Fsp3) is 0.267. The molecule has 0 spiro atoms. The number of halogens is 2. The number of aromatic nitrogens is 1. The molecule has 1 aromatic heterocycles. The van der Waals surface area contributed by atoms with E-state index in [1.165, 1.54) is 0 Å². The van der Waals surface area contributed by atoms with Gasteiger partial charge in [0.25, 0.3) is 0 Å². The highest BCUT2D eigenvalue weighted by atomic mass is 35.5. The van der Waals surface area contributed by atoms with Gasteiger partial charge >= 0.3 is 0 Å². The SMILES string of the molecule is CCC(N)C(Oc1cc(Cl)cc(Cl)c1)c1cccnc1. The van der Waals surface area contributed by atoms with E-state index in [1.54, 1.807) is 30.6 Å². The van der Waals surface area contributed by atoms with Gasteiger partial charge in [-0.3, -0.25) is 4.98 Å². The Morgan fingerprint density at radius 3 is 2.50 bits per heavy atom. The zero-order chi connectivity index (χ0) is 14.5. The normalized spacial score (nSPS) is 13.8. The Labute approximate surface area is 128 Å². The van der Waals surface area contributed by atoms with Gasteiger partial charge in [0.15, 0.2) is 0 Å². The first kappa shape index (κ1) is 15.1. The minimum Gasteiger partial charge on any atom is -0.484 e. The summed E-state index contributed by atoms with van der Waals surface area (Å²) in [6.45, 7) is 2.02. The van der Waals surface area contributed by atoms with E-state index in [-0.39, 0.29) is 12.1 Å². The van der Waals surface area contributed by atoms with Gasteiger partial charge in [-0.15, -0.1) is 0 Å². The van der Waals surface area contributed by atoms with Crippen molar-refractivity contribution in [2.75, 3.05) is 0 Å². The molecule has 3 nitrogen and oxygen atoms in total. The quantitative estimate of drug-likeness (QED) is 0.898. The molecule has 0 bridgehead atoms. The van der Waals surface area contributed by atoms with Gasteiger partial charge in [-0.1, -0.05) is 36.2 Å². The lowest BCUT2D eigenvalue weighted by atomic mass is 10.0. The number of ether oxygens (including phenoxy) is 1. The third-order valence-corrected chi connectivity index (χ3v) is 3.41. The molecule has 0 aliphatic heterocycles. The molecular formula is C15H16Cl2N2O. The summed E-state index contributed by atoms with van der Waals surface area (Å²) in [5.74, 6) is 0.597. The van der Waals surface area contributed by atoms with Gasteiger partial charge in [-0.2, -0.15) is 0 Å². The Hall–Kier alpha value is -1.29. The fourth-order valence-corrected chi connectivity index (χ4v) is 2.41. The average Bonchev–Trinajstić information content (AvgIpc) is 2.44. The van der Waals surface area contributed by atoms with Crippen LogP contribution in [-0.2, 0) is 0 Å². The first-order valence-electron chi connectivity index (χ1n) is 6.38. The van der Waals surface area contributed by atoms with Crippen LogP contribution in [0.4, 0.5) is 0 Å². The fourth-order valence-electron chi connectivity index (χ4n) is 1.90. The second kappa shape index (κ2) is 6.93. The van der Waals surface area contributed by atoms with Crippen molar-refractivity contribution in [1.82, 2.24) is 4.98 Å². The summed E-state index contributed by atoms with van der Waals surface area (Å²) in [4.78, 5) is 4.11. The van der Waals surface area contributed by atoms with Crippen LogP contribution >= 0.6 is 23.2 Å². The third-order valence-electron chi connectivity index (χ3n) is 2.97. The maximum Gasteiger partial charge on any atom is 0.140 e. The lowest BCUT2D eigenvalue weighted by molar-refractivity contribution is 0.170. The lowest BCUT2D eigenvalue weighted by Crippen LogP contribution is -2.31. The van der Waals surface area contributed by atoms with E-state index in [1.807, 2.05) is 19.1 Å². The molecule has 1 aromatic carbocycles. The van der Waals surface area contributed by atoms with Crippen LogP contribution < -0.4 is 10.5 Å². The summed E-state index contributed by atoms with van der Waals surface area (Å²) >= 11 is 12.0. The minimum atomic E-state index is -0.289. The van der Waals surface area contributed by atoms with Crippen molar-refractivity contribution < 1.29 is 4.74 Å². The maximum atomic E-state index is 6.15. The molecule has 2 aromatic rings. The predicted octanol–water partition coefficient (Wildman–Crippen LogP) is 4.25. The molecule has 0 aliphatic rings. The van der Waals surface area contributed by atoms with E-state index in [4.69, 9.17) is 33.7 Å². The molecule has 20 heavy (non-hydrogen) atoms. The molecule has 2 N–H and O–H groups in total. The van der Waals surface area contributed by atoms with Crippen molar-refractivity contribution in [3.63, 3.8) is 0 Å². The summed E-state index contributed by atoms with van der Waals surface area (Å²) < 4.78 is 5.98. The Kier molecular flexibility index (Phi) is 5.24. The third kappa shape index (κ3) is 3.85. The van der Waals surface area contributed by atoms with Crippen LogP contribution in [-0.4, -0.2) is 11.0 Å². The van der Waals surface area contributed by atoms with E-state index < -0.39 is 0 Å². The summed E-state index contributed by atoms with van der Waals surface area (Å²) in [5, 5.41) is 1.06. The molecule has 2 rings (SSSR count). The van der Waals surface area contributed by atoms with Crippen LogP contribution in [0, 0.1) is 0 Å². The standard InChI is InChI=1S/C15H16Cl2N2O/c1-2-14(18)15(10-4-3-5-19-9-10)20-13-7-11(16)6-12(17)8-13/h3-9,14-15H,2,18H2,1H3. The molecule has 0 amide bonds. The van der Waals surface area contributed by atoms with Gasteiger partial charge in [0, 0.05) is 34.0 Å². The molecule has 0 saturated heterocycles. The minimum absolute atomic E-state index is 0.142. The molecule has 0 saturated carbocycles. The predicted molar refractivity (Wildman–Crippen MR) is 82.3 cm³/mol. The highest BCUT2D eigenvalue weighted by Gasteiger charge is 2.21. The Morgan fingerprint density at radius 1 is 1.25 bits per heavy atom. The highest BCUT2D eigenvalue weighted by Crippen LogP contribution is 2.29. The van der Waals surface area contributed by atoms with Crippen molar-refractivity contribution >= 4 is 23.2 Å². The van der Waals surface area contributed by atoms with E-state index in [9.17, 15) is 0 Å². The first-order chi connectivity index (χ1) is 9.60. The van der Waals surface area contributed by atoms with Gasteiger partial charge in [-0.05, 0) is 30.7 Å². The van der Waals surface area contributed by atoms with Crippen LogP contribution in [0.15, 0.2) is 42.7 Å². The zero-order valence-electron chi connectivity index (χ0n) is 11.1. The van der Waals surface area contributed by atoms with Crippen molar-refractivity contribution in [3.8, 4) is 5.75 Å². The van der Waals surface area contributed by atoms with Crippen LogP contribution in [0.25, 0.3) is 0 Å². The average molecular weight is 311 g/mol. The number of nitrogens with zero attached hydrogens (tertiary/aromatic N) is 1. The number of hydrogen-bond donors (Lipinski definition) is 1. The van der Waals surface area contributed by atoms with Gasteiger partial charge in [-0.25, -0.2) is 0 Å². The second-order valence-electron chi connectivity index (χ2n) is 4.50. The molecular weight excluding hydrogens is 295 g/mol. The number of benzene rings is 1. The molecule has 0 fully saturated rings. The molecule has 0 radical (unpaired) electrons. The van der Waals surface area contributed by atoms with Gasteiger partial charge in [0.1, 0.15) is 11.9 Å². The van der Waals surface area contributed by atoms with E-state index in [0.717, 1.165) is 12.0 Å². The lowest BCUT2D eigenvalue weighted by Gasteiger charge is -2.24. The maximum absolute atomic E-state index is 6.15. The zero-order valence-corrected chi connectivity index (χ0v) is 12.6. The molecule has 2 unspecified atom stereocenters. The number of rotatable bonds is 5. The van der Waals surface area contributed by atoms with Gasteiger partial charge in [0.2, 0.25) is 0 Å². The van der Waals surface area contributed by atoms with Crippen LogP contribution in [0.1, 0.15) is 25.0 Å². The smallest absolute Gasteiger partial charge is 0.140 e. The molecule has 106 valence electrons. The van der Waals surface area contributed by atoms with Crippen molar-refractivity contribution in [3.05, 3.63) is 58.3 Å². The Bertz CT molecular complexity index is 543. The topological polar surface area (TPSA) is 48.1 Å². The van der Waals surface area contributed by atoms with Crippen molar-refractivity contribution in [2.24, 2.45) is 5.73 Å². The first-order valence-corrected chi connectivity index (χ1v) is 7.14. The Balaban J connectivity index is 2.28. The molecule has 0 aliphatic carbocycles. The van der Waals surface area contributed by atoms with Gasteiger partial charge < -0.3 is 10.5 Å². The van der Waals surface area contributed by atoms with Crippen LogP contribution in [0.3, 0.4) is 0 Å². The number of nitrogens with two attached hydrogens (primary N) is 1. The summed E-state index contributed by atoms with van der Waals surface area (Å²) in [6, 6.07) is 8.77. The van der Waals surface area contributed by atoms with Crippen LogP contribution in [0.2, 0.25) is 10.0 Å². The van der Waals surface area contributed by atoms with Crippen molar-refractivity contribution in [2.45, 2.75) is 25.5 Å². The highest BCUT2D eigenvalue weighted by molar-refractivity contribution is 6.34. The molecule has 5 heteroatoms. The van der Waals surface area contributed by atoms with E-state index >= 15 is 0 Å². The number of pyridine rings is 1. The second-order valence-corrected chi connectivity index (χ2v) is 5.37.